The van der Waals surface area contributed by atoms with Crippen LogP contribution in [0.4, 0.5) is 0 Å². The number of nitrogens with zero attached hydrogens (tertiary/aromatic N) is 1. The molecule has 1 fully saturated rings. The van der Waals surface area contributed by atoms with Crippen LogP contribution >= 0.6 is 11.6 Å². The Morgan fingerprint density at radius 3 is 2.92 bits per heavy atom. The third-order valence-electron chi connectivity index (χ3n) is 2.18. The molecule has 1 saturated heterocycles. The van der Waals surface area contributed by atoms with E-state index in [4.69, 9.17) is 16.3 Å². The van der Waals surface area contributed by atoms with Crippen LogP contribution in [-0.4, -0.2) is 43.0 Å². The summed E-state index contributed by atoms with van der Waals surface area (Å²) in [7, 11) is 1.79. The number of amides is 1. The largest absolute Gasteiger partial charge is 0.381 e. The first-order valence-corrected chi connectivity index (χ1v) is 5.01. The quantitative estimate of drug-likeness (QED) is 0.646. The van der Waals surface area contributed by atoms with Gasteiger partial charge in [-0.25, -0.2) is 0 Å². The van der Waals surface area contributed by atoms with Crippen molar-refractivity contribution in [2.45, 2.75) is 18.7 Å². The van der Waals surface area contributed by atoms with Gasteiger partial charge in [0.2, 0.25) is 5.91 Å². The predicted octanol–water partition coefficient (Wildman–Crippen LogP) is 1.11. The molecule has 1 heterocycles. The standard InChI is InChI=1S/C9H16ClNO2/c1-7(10)5-11(2)9(12)8-3-4-13-6-8/h7-8H,3-6H2,1-2H3. The molecular weight excluding hydrogens is 190 g/mol. The van der Waals surface area contributed by atoms with Crippen molar-refractivity contribution in [2.75, 3.05) is 26.8 Å². The molecule has 0 aromatic heterocycles. The molecule has 0 saturated carbocycles. The van der Waals surface area contributed by atoms with E-state index in [-0.39, 0.29) is 17.2 Å². The summed E-state index contributed by atoms with van der Waals surface area (Å²) in [5, 5.41) is 0.0104. The van der Waals surface area contributed by atoms with Gasteiger partial charge in [-0.2, -0.15) is 0 Å². The lowest BCUT2D eigenvalue weighted by molar-refractivity contribution is -0.134. The van der Waals surface area contributed by atoms with Gasteiger partial charge in [0.05, 0.1) is 12.5 Å². The van der Waals surface area contributed by atoms with Gasteiger partial charge in [-0.1, -0.05) is 0 Å². The monoisotopic (exact) mass is 205 g/mol. The van der Waals surface area contributed by atoms with Gasteiger partial charge in [0.15, 0.2) is 0 Å². The van der Waals surface area contributed by atoms with Crippen LogP contribution < -0.4 is 0 Å². The van der Waals surface area contributed by atoms with E-state index < -0.39 is 0 Å². The van der Waals surface area contributed by atoms with Crippen LogP contribution in [-0.2, 0) is 9.53 Å². The van der Waals surface area contributed by atoms with Crippen LogP contribution in [0.15, 0.2) is 0 Å². The molecular formula is C9H16ClNO2. The molecule has 1 aliphatic rings. The molecule has 2 atom stereocenters. The first kappa shape index (κ1) is 10.8. The van der Waals surface area contributed by atoms with Crippen molar-refractivity contribution >= 4 is 17.5 Å². The van der Waals surface area contributed by atoms with Crippen molar-refractivity contribution in [2.24, 2.45) is 5.92 Å². The lowest BCUT2D eigenvalue weighted by Gasteiger charge is -2.21. The first-order chi connectivity index (χ1) is 6.11. The highest BCUT2D eigenvalue weighted by molar-refractivity contribution is 6.20. The van der Waals surface area contributed by atoms with E-state index in [2.05, 4.69) is 0 Å². The maximum absolute atomic E-state index is 11.7. The lowest BCUT2D eigenvalue weighted by atomic mass is 10.1. The molecule has 0 aromatic carbocycles. The van der Waals surface area contributed by atoms with Gasteiger partial charge >= 0.3 is 0 Å². The van der Waals surface area contributed by atoms with E-state index in [0.29, 0.717) is 19.8 Å². The number of hydrogen-bond acceptors (Lipinski definition) is 2. The number of alkyl halides is 1. The highest BCUT2D eigenvalue weighted by Crippen LogP contribution is 2.15. The fourth-order valence-corrected chi connectivity index (χ4v) is 1.72. The second-order valence-corrected chi connectivity index (χ2v) is 4.31. The first-order valence-electron chi connectivity index (χ1n) is 4.58. The summed E-state index contributed by atoms with van der Waals surface area (Å²) in [6.45, 7) is 3.77. The van der Waals surface area contributed by atoms with E-state index in [9.17, 15) is 4.79 Å². The molecule has 1 rings (SSSR count). The fraction of sp³-hybridized carbons (Fsp3) is 0.889. The van der Waals surface area contributed by atoms with Crippen molar-refractivity contribution in [3.05, 3.63) is 0 Å². The Morgan fingerprint density at radius 2 is 2.46 bits per heavy atom. The highest BCUT2D eigenvalue weighted by atomic mass is 35.5. The van der Waals surface area contributed by atoms with Gasteiger partial charge in [0.1, 0.15) is 0 Å². The molecule has 76 valence electrons. The Labute approximate surface area is 84.0 Å². The number of ether oxygens (including phenoxy) is 1. The zero-order valence-electron chi connectivity index (χ0n) is 8.12. The summed E-state index contributed by atoms with van der Waals surface area (Å²) in [6.07, 6.45) is 0.847. The number of hydrogen-bond donors (Lipinski definition) is 0. The zero-order chi connectivity index (χ0) is 9.84. The summed E-state index contributed by atoms with van der Waals surface area (Å²) < 4.78 is 5.15. The second-order valence-electron chi connectivity index (χ2n) is 3.56. The van der Waals surface area contributed by atoms with Crippen LogP contribution in [0.1, 0.15) is 13.3 Å². The maximum atomic E-state index is 11.7. The van der Waals surface area contributed by atoms with Crippen molar-refractivity contribution < 1.29 is 9.53 Å². The molecule has 0 spiro atoms. The van der Waals surface area contributed by atoms with Gasteiger partial charge in [0, 0.05) is 25.6 Å². The van der Waals surface area contributed by atoms with Gasteiger partial charge < -0.3 is 9.64 Å². The average Bonchev–Trinajstić information content (AvgIpc) is 2.53. The summed E-state index contributed by atoms with van der Waals surface area (Å²) in [4.78, 5) is 13.4. The average molecular weight is 206 g/mol. The molecule has 0 aliphatic carbocycles. The predicted molar refractivity (Wildman–Crippen MR) is 51.9 cm³/mol. The highest BCUT2D eigenvalue weighted by Gasteiger charge is 2.26. The Balaban J connectivity index is 2.36. The van der Waals surface area contributed by atoms with Crippen molar-refractivity contribution in [1.82, 2.24) is 4.90 Å². The molecule has 2 unspecified atom stereocenters. The number of rotatable bonds is 3. The zero-order valence-corrected chi connectivity index (χ0v) is 8.88. The van der Waals surface area contributed by atoms with Crippen LogP contribution in [0.5, 0.6) is 0 Å². The number of halogens is 1. The topological polar surface area (TPSA) is 29.5 Å². The minimum Gasteiger partial charge on any atom is -0.381 e. The van der Waals surface area contributed by atoms with E-state index in [0.717, 1.165) is 6.42 Å². The Hall–Kier alpha value is -0.280. The van der Waals surface area contributed by atoms with Crippen LogP contribution in [0.2, 0.25) is 0 Å². The van der Waals surface area contributed by atoms with Crippen LogP contribution in [0.25, 0.3) is 0 Å². The molecule has 0 N–H and O–H groups in total. The van der Waals surface area contributed by atoms with Gasteiger partial charge in [0.25, 0.3) is 0 Å². The number of carbonyl (C=O) groups excluding carboxylic acids is 1. The van der Waals surface area contributed by atoms with Gasteiger partial charge in [-0.3, -0.25) is 4.79 Å². The molecule has 0 bridgehead atoms. The fourth-order valence-electron chi connectivity index (χ4n) is 1.51. The normalized spacial score (nSPS) is 24.4. The van der Waals surface area contributed by atoms with Crippen molar-refractivity contribution in [3.63, 3.8) is 0 Å². The third-order valence-corrected chi connectivity index (χ3v) is 2.32. The maximum Gasteiger partial charge on any atom is 0.227 e. The Kier molecular flexibility index (Phi) is 4.00. The van der Waals surface area contributed by atoms with Gasteiger partial charge in [-0.05, 0) is 13.3 Å². The molecule has 0 aromatic rings. The van der Waals surface area contributed by atoms with E-state index in [1.165, 1.54) is 0 Å². The SMILES string of the molecule is CC(Cl)CN(C)C(=O)C1CCOC1. The Bertz CT molecular complexity index is 178. The molecule has 3 nitrogen and oxygen atoms in total. The molecule has 1 aliphatic heterocycles. The number of carbonyl (C=O) groups is 1. The minimum absolute atomic E-state index is 0.0104. The molecule has 13 heavy (non-hydrogen) atoms. The van der Waals surface area contributed by atoms with E-state index in [1.54, 1.807) is 11.9 Å². The molecule has 4 heteroatoms. The lowest BCUT2D eigenvalue weighted by Crippen LogP contribution is -2.36. The van der Waals surface area contributed by atoms with Gasteiger partial charge in [-0.15, -0.1) is 11.6 Å². The smallest absolute Gasteiger partial charge is 0.227 e. The summed E-state index contributed by atoms with van der Waals surface area (Å²) in [6, 6.07) is 0. The second kappa shape index (κ2) is 4.82. The third kappa shape index (κ3) is 3.16. The van der Waals surface area contributed by atoms with Crippen LogP contribution in [0, 0.1) is 5.92 Å². The van der Waals surface area contributed by atoms with Crippen molar-refractivity contribution in [1.29, 1.82) is 0 Å². The van der Waals surface area contributed by atoms with Crippen molar-refractivity contribution in [3.8, 4) is 0 Å². The summed E-state index contributed by atoms with van der Waals surface area (Å²) in [5.41, 5.74) is 0. The summed E-state index contributed by atoms with van der Waals surface area (Å²) >= 11 is 5.80. The van der Waals surface area contributed by atoms with E-state index >= 15 is 0 Å². The summed E-state index contributed by atoms with van der Waals surface area (Å²) in [5.74, 6) is 0.213. The Morgan fingerprint density at radius 1 is 1.77 bits per heavy atom. The molecule has 1 amide bonds. The minimum atomic E-state index is 0.0104. The molecule has 0 radical (unpaired) electrons. The van der Waals surface area contributed by atoms with Crippen LogP contribution in [0.3, 0.4) is 0 Å². The van der Waals surface area contributed by atoms with E-state index in [1.807, 2.05) is 6.92 Å².